The molecule has 4 heterocycles. The molecule has 4 aromatic heterocycles. The van der Waals surface area contributed by atoms with E-state index in [0.29, 0.717) is 17.5 Å². The lowest BCUT2D eigenvalue weighted by Crippen LogP contribution is -2.15. The van der Waals surface area contributed by atoms with Crippen molar-refractivity contribution in [3.05, 3.63) is 530 Å². The third kappa shape index (κ3) is 16.0. The van der Waals surface area contributed by atoms with Crippen molar-refractivity contribution in [2.75, 3.05) is 0 Å². The first-order chi connectivity index (χ1) is 72.4. The largest absolute Gasteiger partial charge is 0.248 e. The minimum atomic E-state index is -0.140. The molecule has 28 rings (SSSR count). The Balaban J connectivity index is 0.000000103. The molecule has 0 radical (unpaired) electrons. The van der Waals surface area contributed by atoms with Crippen LogP contribution >= 0.6 is 0 Å². The maximum Gasteiger partial charge on any atom is 0.164 e. The number of hydrogen-bond acceptors (Lipinski definition) is 8. The highest BCUT2D eigenvalue weighted by Crippen LogP contribution is 2.61. The number of nitrogens with zero attached hydrogens (tertiary/aromatic N) is 8. The van der Waals surface area contributed by atoms with Crippen molar-refractivity contribution in [3.8, 4) is 180 Å². The number of benzene rings is 20. The van der Waals surface area contributed by atoms with Gasteiger partial charge in [0.05, 0.1) is 34.2 Å². The summed E-state index contributed by atoms with van der Waals surface area (Å²) in [5.74, 6) is 3.55. The Morgan fingerprint density at radius 2 is 0.338 bits per heavy atom. The molecule has 0 saturated carbocycles. The van der Waals surface area contributed by atoms with E-state index in [1.165, 1.54) is 143 Å². The summed E-state index contributed by atoms with van der Waals surface area (Å²) < 4.78 is 0. The Bertz CT molecular complexity index is 7980. The number of pyridine rings is 1. The molecule has 8 nitrogen and oxygen atoms in total. The van der Waals surface area contributed by atoms with E-state index in [0.717, 1.165) is 107 Å². The smallest absolute Gasteiger partial charge is 0.164 e. The van der Waals surface area contributed by atoms with E-state index in [-0.39, 0.29) is 21.7 Å². The Morgan fingerprint density at radius 3 is 0.649 bits per heavy atom. The Hall–Kier alpha value is -18.2. The highest BCUT2D eigenvalue weighted by atomic mass is 15.0. The molecule has 704 valence electrons. The molecule has 0 unspecified atom stereocenters. The van der Waals surface area contributed by atoms with Crippen molar-refractivity contribution in [1.82, 2.24) is 39.9 Å². The number of hydrogen-bond donors (Lipinski definition) is 0. The fourth-order valence-electron chi connectivity index (χ4n) is 23.7. The zero-order valence-electron chi connectivity index (χ0n) is 83.8. The Labute approximate surface area is 863 Å². The summed E-state index contributed by atoms with van der Waals surface area (Å²) in [4.78, 5) is 40.8. The van der Waals surface area contributed by atoms with E-state index in [1.54, 1.807) is 0 Å². The van der Waals surface area contributed by atoms with Gasteiger partial charge >= 0.3 is 0 Å². The van der Waals surface area contributed by atoms with Crippen LogP contribution < -0.4 is 0 Å². The highest BCUT2D eigenvalue weighted by molar-refractivity contribution is 6.10. The van der Waals surface area contributed by atoms with E-state index in [2.05, 4.69) is 468 Å². The molecular weight excluding hydrogens is 1790 g/mol. The third-order valence-corrected chi connectivity index (χ3v) is 30.6. The van der Waals surface area contributed by atoms with Gasteiger partial charge in [-0.1, -0.05) is 492 Å². The van der Waals surface area contributed by atoms with E-state index in [1.807, 2.05) is 72.8 Å². The minimum Gasteiger partial charge on any atom is -0.248 e. The first-order valence-corrected chi connectivity index (χ1v) is 51.1. The van der Waals surface area contributed by atoms with Crippen LogP contribution in [0.1, 0.15) is 99.9 Å². The number of fused-ring (bicyclic) bond motifs is 20. The molecule has 4 aliphatic carbocycles. The summed E-state index contributed by atoms with van der Waals surface area (Å²) >= 11 is 0. The zero-order chi connectivity index (χ0) is 99.9. The molecule has 24 aromatic rings. The first kappa shape index (κ1) is 91.0. The van der Waals surface area contributed by atoms with Crippen LogP contribution in [0.2, 0.25) is 0 Å². The van der Waals surface area contributed by atoms with Crippen LogP contribution in [0.15, 0.2) is 485 Å². The maximum atomic E-state index is 5.19. The molecule has 20 aromatic carbocycles. The number of aromatic nitrogens is 8. The summed E-state index contributed by atoms with van der Waals surface area (Å²) in [5, 5.41) is 10.1. The molecule has 0 atom stereocenters. The van der Waals surface area contributed by atoms with Crippen LogP contribution in [-0.2, 0) is 21.7 Å². The van der Waals surface area contributed by atoms with Crippen LogP contribution in [0.5, 0.6) is 0 Å². The van der Waals surface area contributed by atoms with E-state index in [9.17, 15) is 0 Å². The fraction of sp³-hybridized carbons (Fsp3) is 0.0857. The van der Waals surface area contributed by atoms with Crippen molar-refractivity contribution in [2.24, 2.45) is 0 Å². The Kier molecular flexibility index (Phi) is 22.9. The lowest BCUT2D eigenvalue weighted by atomic mass is 9.79. The summed E-state index contributed by atoms with van der Waals surface area (Å²) in [7, 11) is 0. The van der Waals surface area contributed by atoms with Gasteiger partial charge in [0.2, 0.25) is 0 Å². The topological polar surface area (TPSA) is 103 Å². The third-order valence-electron chi connectivity index (χ3n) is 30.6. The van der Waals surface area contributed by atoms with Gasteiger partial charge < -0.3 is 0 Å². The first-order valence-electron chi connectivity index (χ1n) is 51.1. The molecule has 4 aliphatic rings. The number of rotatable bonds is 12. The molecule has 148 heavy (non-hydrogen) atoms. The van der Waals surface area contributed by atoms with Crippen molar-refractivity contribution in [2.45, 2.75) is 77.0 Å². The van der Waals surface area contributed by atoms with Gasteiger partial charge in [-0.15, -0.1) is 0 Å². The molecule has 0 amide bonds. The fourth-order valence-corrected chi connectivity index (χ4v) is 23.7. The molecule has 0 N–H and O–H groups in total. The molecule has 0 spiro atoms. The lowest BCUT2D eigenvalue weighted by molar-refractivity contribution is 0.666. The summed E-state index contributed by atoms with van der Waals surface area (Å²) in [6, 6.07) is 171. The molecular formula is C140H104N8. The van der Waals surface area contributed by atoms with Gasteiger partial charge in [-0.05, 0) is 192 Å². The van der Waals surface area contributed by atoms with Crippen LogP contribution in [0.4, 0.5) is 0 Å². The minimum absolute atomic E-state index is 0.0842. The summed E-state index contributed by atoms with van der Waals surface area (Å²) in [6.45, 7) is 18.8. The quantitative estimate of drug-likeness (QED) is 0.119. The molecule has 0 fully saturated rings. The van der Waals surface area contributed by atoms with E-state index < -0.39 is 0 Å². The van der Waals surface area contributed by atoms with Gasteiger partial charge in [0.1, 0.15) is 0 Å². The van der Waals surface area contributed by atoms with Crippen LogP contribution in [0.3, 0.4) is 0 Å². The molecule has 0 aliphatic heterocycles. The highest BCUT2D eigenvalue weighted by Gasteiger charge is 2.44. The van der Waals surface area contributed by atoms with Crippen LogP contribution in [0, 0.1) is 0 Å². The second kappa shape index (κ2) is 37.2. The van der Waals surface area contributed by atoms with Crippen molar-refractivity contribution in [3.63, 3.8) is 0 Å². The van der Waals surface area contributed by atoms with Crippen molar-refractivity contribution in [1.29, 1.82) is 0 Å². The van der Waals surface area contributed by atoms with Gasteiger partial charge in [0.25, 0.3) is 0 Å². The predicted molar refractivity (Wildman–Crippen MR) is 614 cm³/mol. The second-order valence-corrected chi connectivity index (χ2v) is 41.0. The second-order valence-electron chi connectivity index (χ2n) is 41.0. The van der Waals surface area contributed by atoms with Gasteiger partial charge in [-0.25, -0.2) is 39.9 Å². The maximum absolute atomic E-state index is 5.19. The van der Waals surface area contributed by atoms with Gasteiger partial charge in [0.15, 0.2) is 29.1 Å². The summed E-state index contributed by atoms with van der Waals surface area (Å²) in [5.41, 5.74) is 40.7. The van der Waals surface area contributed by atoms with Gasteiger partial charge in [-0.3, -0.25) is 0 Å². The van der Waals surface area contributed by atoms with Crippen LogP contribution in [-0.4, -0.2) is 39.9 Å². The van der Waals surface area contributed by atoms with Gasteiger partial charge in [-0.2, -0.15) is 0 Å². The summed E-state index contributed by atoms with van der Waals surface area (Å²) in [6.07, 6.45) is 0. The van der Waals surface area contributed by atoms with Gasteiger partial charge in [0, 0.05) is 82.9 Å². The van der Waals surface area contributed by atoms with E-state index >= 15 is 0 Å². The van der Waals surface area contributed by atoms with Crippen LogP contribution in [0.25, 0.3) is 223 Å². The SMILES string of the molecule is CC1(C)c2ccccc2-c2c(-c3cc(-c4ccccc4)nc(-c4ccccc4)c3)cc3ccccc3c21.CC1(C)c2ccccc2-c2c(-c3cc(-c4ccccc4)nc(-c4ccccc4)n3)cc3ccccc3c21.CC1(C)c2ccccc2-c2c(-c3nc(-c4ccccc4)cc(-c4ccccc4)n3)cc3ccccc3c21.CC1(C)c2ccccc2-c2c(-c3nc(-c4ccccc4)nc(-c4ccccc4)n3)cc3ccccc3c21. The molecule has 0 bridgehead atoms. The lowest BCUT2D eigenvalue weighted by Gasteiger charge is -2.24. The zero-order valence-corrected chi connectivity index (χ0v) is 83.8. The normalized spacial score (nSPS) is 13.4. The van der Waals surface area contributed by atoms with E-state index in [4.69, 9.17) is 39.9 Å². The monoisotopic (exact) mass is 1900 g/mol. The average molecular weight is 1900 g/mol. The molecule has 0 saturated heterocycles. The molecule has 8 heteroatoms. The van der Waals surface area contributed by atoms with Crippen molar-refractivity contribution < 1.29 is 0 Å². The standard InChI is InChI=1S/C36H27N.2C35H26N2.C34H25N3/c1-36(2)31-20-12-11-19-29(31)34-30(21-26-17-9-10-18-28(26)35(34)36)27-22-32(24-13-5-3-6-14-24)37-33(23-27)25-15-7-4-8-16-25;1-35(2)29-20-12-11-19-27(29)32-28(21-25-17-9-10-18-26(25)33(32)35)31-22-30(23-13-5-3-6-14-23)36-34(37-31)24-15-7-4-8-16-24;1-35(2)29-20-12-11-19-27(29)32-28(21-25-17-9-10-18-26(25)33(32)35)34-36-30(23-13-5-3-6-14-23)22-31(37-34)24-15-7-4-8-16-24;1-34(2)28-20-12-11-19-26(28)29-27(21-24-17-9-10-18-25(24)30(29)34)33-36-31(22-13-5-3-6-14-22)35-32(37-33)23-15-7-4-8-16-23/h3-23H,1-2H3;2*3-22H,1-2H3;3-21H,1-2H3. The van der Waals surface area contributed by atoms with Crippen molar-refractivity contribution >= 4 is 43.1 Å². The average Bonchev–Trinajstić information content (AvgIpc) is 1.55. The predicted octanol–water partition coefficient (Wildman–Crippen LogP) is 35.7. The Morgan fingerprint density at radius 1 is 0.135 bits per heavy atom.